The van der Waals surface area contributed by atoms with Gasteiger partial charge in [0.05, 0.1) is 12.1 Å². The zero-order valence-electron chi connectivity index (χ0n) is 12.1. The Kier molecular flexibility index (Phi) is 3.96. The summed E-state index contributed by atoms with van der Waals surface area (Å²) in [7, 11) is 2.06. The van der Waals surface area contributed by atoms with Gasteiger partial charge in [-0.25, -0.2) is 9.97 Å². The second-order valence-corrected chi connectivity index (χ2v) is 5.37. The number of rotatable bonds is 4. The van der Waals surface area contributed by atoms with Crippen LogP contribution in [0, 0.1) is 0 Å². The quantitative estimate of drug-likeness (QED) is 0.915. The lowest BCUT2D eigenvalue weighted by Crippen LogP contribution is -2.36. The van der Waals surface area contributed by atoms with E-state index in [1.807, 2.05) is 17.0 Å². The van der Waals surface area contributed by atoms with Gasteiger partial charge in [0.25, 0.3) is 5.91 Å². The number of carbonyl (C=O) groups is 1. The molecule has 110 valence electrons. The van der Waals surface area contributed by atoms with E-state index in [2.05, 4.69) is 26.9 Å². The molecule has 0 aromatic carbocycles. The standard InChI is InChI=1S/C15H19N5O/c1-19(11-14-17-5-2-6-18-14)13-4-8-20(10-13)15(21)12-3-7-16-9-12/h2-3,5-7,9,13,16H,4,8,10-11H2,1H3. The first-order valence-corrected chi connectivity index (χ1v) is 7.12. The number of amides is 1. The van der Waals surface area contributed by atoms with Crippen LogP contribution in [0.2, 0.25) is 0 Å². The second-order valence-electron chi connectivity index (χ2n) is 5.37. The lowest BCUT2D eigenvalue weighted by atomic mass is 10.2. The van der Waals surface area contributed by atoms with Crippen molar-refractivity contribution in [2.45, 2.75) is 19.0 Å². The van der Waals surface area contributed by atoms with Gasteiger partial charge in [0.15, 0.2) is 0 Å². The fraction of sp³-hybridized carbons (Fsp3) is 0.400. The molecular weight excluding hydrogens is 266 g/mol. The number of likely N-dealkylation sites (N-methyl/N-ethyl adjacent to an activating group) is 1. The minimum atomic E-state index is 0.100. The Balaban J connectivity index is 1.58. The number of aromatic amines is 1. The maximum absolute atomic E-state index is 12.3. The van der Waals surface area contributed by atoms with E-state index in [9.17, 15) is 4.79 Å². The predicted octanol–water partition coefficient (Wildman–Crippen LogP) is 1.15. The predicted molar refractivity (Wildman–Crippen MR) is 78.6 cm³/mol. The van der Waals surface area contributed by atoms with E-state index in [0.29, 0.717) is 12.6 Å². The summed E-state index contributed by atoms with van der Waals surface area (Å²) in [4.78, 5) is 27.9. The van der Waals surface area contributed by atoms with E-state index >= 15 is 0 Å². The van der Waals surface area contributed by atoms with E-state index in [-0.39, 0.29) is 5.91 Å². The third-order valence-electron chi connectivity index (χ3n) is 3.93. The van der Waals surface area contributed by atoms with Crippen molar-refractivity contribution in [1.82, 2.24) is 24.8 Å². The van der Waals surface area contributed by atoms with Crippen LogP contribution in [0.15, 0.2) is 36.9 Å². The van der Waals surface area contributed by atoms with Gasteiger partial charge in [-0.3, -0.25) is 9.69 Å². The Morgan fingerprint density at radius 1 is 1.48 bits per heavy atom. The molecule has 0 spiro atoms. The summed E-state index contributed by atoms with van der Waals surface area (Å²) in [6, 6.07) is 3.99. The van der Waals surface area contributed by atoms with Crippen molar-refractivity contribution in [3.63, 3.8) is 0 Å². The van der Waals surface area contributed by atoms with Crippen molar-refractivity contribution in [3.8, 4) is 0 Å². The van der Waals surface area contributed by atoms with Gasteiger partial charge < -0.3 is 9.88 Å². The van der Waals surface area contributed by atoms with Gasteiger partial charge in [-0.15, -0.1) is 0 Å². The lowest BCUT2D eigenvalue weighted by Gasteiger charge is -2.23. The molecule has 1 fully saturated rings. The monoisotopic (exact) mass is 285 g/mol. The first-order chi connectivity index (χ1) is 10.2. The summed E-state index contributed by atoms with van der Waals surface area (Å²) < 4.78 is 0. The Labute approximate surface area is 123 Å². The summed E-state index contributed by atoms with van der Waals surface area (Å²) >= 11 is 0. The number of nitrogens with one attached hydrogen (secondary N) is 1. The fourth-order valence-corrected chi connectivity index (χ4v) is 2.69. The zero-order valence-corrected chi connectivity index (χ0v) is 12.1. The first-order valence-electron chi connectivity index (χ1n) is 7.12. The normalized spacial score (nSPS) is 18.4. The van der Waals surface area contributed by atoms with Crippen LogP contribution >= 0.6 is 0 Å². The van der Waals surface area contributed by atoms with Crippen LogP contribution in [0.5, 0.6) is 0 Å². The van der Waals surface area contributed by atoms with Crippen molar-refractivity contribution in [2.75, 3.05) is 20.1 Å². The van der Waals surface area contributed by atoms with Crippen molar-refractivity contribution in [3.05, 3.63) is 48.3 Å². The SMILES string of the molecule is CN(Cc1ncccn1)C1CCN(C(=O)c2cc[nH]c2)C1. The summed E-state index contributed by atoms with van der Waals surface area (Å²) in [6.45, 7) is 2.26. The van der Waals surface area contributed by atoms with E-state index < -0.39 is 0 Å². The molecule has 2 aromatic heterocycles. The third kappa shape index (κ3) is 3.11. The van der Waals surface area contributed by atoms with Crippen molar-refractivity contribution >= 4 is 5.91 Å². The largest absolute Gasteiger partial charge is 0.367 e. The molecule has 1 amide bonds. The van der Waals surface area contributed by atoms with Gasteiger partial charge in [-0.05, 0) is 25.6 Å². The average Bonchev–Trinajstić information content (AvgIpc) is 3.19. The molecule has 0 radical (unpaired) electrons. The molecule has 3 heterocycles. The highest BCUT2D eigenvalue weighted by Gasteiger charge is 2.29. The molecule has 6 nitrogen and oxygen atoms in total. The van der Waals surface area contributed by atoms with Crippen LogP contribution in [-0.4, -0.2) is 56.8 Å². The van der Waals surface area contributed by atoms with E-state index in [4.69, 9.17) is 0 Å². The molecule has 1 saturated heterocycles. The molecule has 6 heteroatoms. The molecule has 1 unspecified atom stereocenters. The highest BCUT2D eigenvalue weighted by molar-refractivity contribution is 5.94. The zero-order chi connectivity index (χ0) is 14.7. The van der Waals surface area contributed by atoms with Crippen LogP contribution in [0.4, 0.5) is 0 Å². The van der Waals surface area contributed by atoms with E-state index in [1.54, 1.807) is 24.8 Å². The Bertz CT molecular complexity index is 583. The highest BCUT2D eigenvalue weighted by atomic mass is 16.2. The summed E-state index contributed by atoms with van der Waals surface area (Å²) in [5.41, 5.74) is 0.727. The van der Waals surface area contributed by atoms with Gasteiger partial charge in [0.2, 0.25) is 0 Å². The van der Waals surface area contributed by atoms with Gasteiger partial charge in [0.1, 0.15) is 5.82 Å². The van der Waals surface area contributed by atoms with Crippen LogP contribution in [-0.2, 0) is 6.54 Å². The van der Waals surface area contributed by atoms with Gasteiger partial charge in [0, 0.05) is 43.9 Å². The number of hydrogen-bond acceptors (Lipinski definition) is 4. The van der Waals surface area contributed by atoms with Crippen LogP contribution in [0.1, 0.15) is 22.6 Å². The number of carbonyl (C=O) groups excluding carboxylic acids is 1. The smallest absolute Gasteiger partial charge is 0.255 e. The summed E-state index contributed by atoms with van der Waals surface area (Å²) in [5, 5.41) is 0. The van der Waals surface area contributed by atoms with Crippen LogP contribution < -0.4 is 0 Å². The lowest BCUT2D eigenvalue weighted by molar-refractivity contribution is 0.0779. The van der Waals surface area contributed by atoms with Gasteiger partial charge >= 0.3 is 0 Å². The third-order valence-corrected chi connectivity index (χ3v) is 3.93. The molecule has 3 rings (SSSR count). The summed E-state index contributed by atoms with van der Waals surface area (Å²) in [6.07, 6.45) is 8.02. The Hall–Kier alpha value is -2.21. The maximum atomic E-state index is 12.3. The number of hydrogen-bond donors (Lipinski definition) is 1. The van der Waals surface area contributed by atoms with Gasteiger partial charge in [-0.2, -0.15) is 0 Å². The Morgan fingerprint density at radius 3 is 3.00 bits per heavy atom. The van der Waals surface area contributed by atoms with Crippen molar-refractivity contribution in [1.29, 1.82) is 0 Å². The number of H-pyrrole nitrogens is 1. The van der Waals surface area contributed by atoms with Crippen molar-refractivity contribution < 1.29 is 4.79 Å². The Morgan fingerprint density at radius 2 is 2.29 bits per heavy atom. The second kappa shape index (κ2) is 6.05. The molecule has 1 N–H and O–H groups in total. The number of likely N-dealkylation sites (tertiary alicyclic amines) is 1. The topological polar surface area (TPSA) is 65.1 Å². The highest BCUT2D eigenvalue weighted by Crippen LogP contribution is 2.18. The minimum absolute atomic E-state index is 0.100. The molecule has 1 aliphatic heterocycles. The fourth-order valence-electron chi connectivity index (χ4n) is 2.69. The van der Waals surface area contributed by atoms with Gasteiger partial charge in [-0.1, -0.05) is 0 Å². The molecule has 1 aliphatic rings. The molecule has 21 heavy (non-hydrogen) atoms. The van der Waals surface area contributed by atoms with Crippen LogP contribution in [0.3, 0.4) is 0 Å². The minimum Gasteiger partial charge on any atom is -0.367 e. The molecular formula is C15H19N5O. The summed E-state index contributed by atoms with van der Waals surface area (Å²) in [5.74, 6) is 0.915. The number of aromatic nitrogens is 3. The number of nitrogens with zero attached hydrogens (tertiary/aromatic N) is 4. The molecule has 0 bridgehead atoms. The molecule has 0 saturated carbocycles. The molecule has 0 aliphatic carbocycles. The average molecular weight is 285 g/mol. The van der Waals surface area contributed by atoms with Crippen molar-refractivity contribution in [2.24, 2.45) is 0 Å². The van der Waals surface area contributed by atoms with E-state index in [1.165, 1.54) is 0 Å². The molecule has 1 atom stereocenters. The molecule has 2 aromatic rings. The van der Waals surface area contributed by atoms with E-state index in [0.717, 1.165) is 30.9 Å². The maximum Gasteiger partial charge on any atom is 0.255 e. The van der Waals surface area contributed by atoms with Crippen LogP contribution in [0.25, 0.3) is 0 Å². The first kappa shape index (κ1) is 13.8.